The van der Waals surface area contributed by atoms with Crippen LogP contribution in [-0.4, -0.2) is 62.9 Å². The first-order valence-corrected chi connectivity index (χ1v) is 9.37. The van der Waals surface area contributed by atoms with Crippen molar-refractivity contribution in [3.8, 4) is 5.75 Å². The molecule has 1 aromatic rings. The third-order valence-corrected chi connectivity index (χ3v) is 6.34. The van der Waals surface area contributed by atoms with Crippen LogP contribution in [0.5, 0.6) is 5.75 Å². The molecule has 0 unspecified atom stereocenters. The van der Waals surface area contributed by atoms with E-state index in [1.807, 2.05) is 38.1 Å². The highest BCUT2D eigenvalue weighted by Gasteiger charge is 2.31. The maximum Gasteiger partial charge on any atom is 0.281 e. The van der Waals surface area contributed by atoms with Gasteiger partial charge in [-0.05, 0) is 32.9 Å². The molecule has 0 bridgehead atoms. The predicted molar refractivity (Wildman–Crippen MR) is 93.2 cm³/mol. The average molecular weight is 341 g/mol. The summed E-state index contributed by atoms with van der Waals surface area (Å²) in [6.45, 7) is 7.67. The third kappa shape index (κ3) is 3.79. The maximum absolute atomic E-state index is 12.5. The fraction of sp³-hybridized carbons (Fsp3) is 0.625. The second kappa shape index (κ2) is 7.07. The van der Waals surface area contributed by atoms with Crippen LogP contribution in [0.3, 0.4) is 0 Å². The second-order valence-electron chi connectivity index (χ2n) is 6.14. The van der Waals surface area contributed by atoms with Gasteiger partial charge in [-0.3, -0.25) is 0 Å². The second-order valence-corrected chi connectivity index (χ2v) is 8.24. The summed E-state index contributed by atoms with van der Waals surface area (Å²) >= 11 is 0. The summed E-state index contributed by atoms with van der Waals surface area (Å²) in [4.78, 5) is 2.22. The highest BCUT2D eigenvalue weighted by atomic mass is 32.2. The highest BCUT2D eigenvalue weighted by molar-refractivity contribution is 7.86. The number of para-hydroxylation sites is 2. The van der Waals surface area contributed by atoms with Gasteiger partial charge in [0.15, 0.2) is 0 Å². The summed E-state index contributed by atoms with van der Waals surface area (Å²) in [6, 6.07) is 7.80. The van der Waals surface area contributed by atoms with Crippen molar-refractivity contribution in [2.24, 2.45) is 0 Å². The molecule has 0 saturated carbocycles. The number of anilines is 1. The van der Waals surface area contributed by atoms with Crippen LogP contribution in [0.25, 0.3) is 0 Å². The van der Waals surface area contributed by atoms with E-state index >= 15 is 0 Å². The first-order chi connectivity index (χ1) is 10.8. The van der Waals surface area contributed by atoms with Crippen LogP contribution in [0.1, 0.15) is 20.8 Å². The number of benzene rings is 1. The summed E-state index contributed by atoms with van der Waals surface area (Å²) < 4.78 is 33.8. The predicted octanol–water partition coefficient (Wildman–Crippen LogP) is 1.79. The maximum atomic E-state index is 12.5. The number of fused-ring (bicyclic) bond motifs is 1. The van der Waals surface area contributed by atoms with Gasteiger partial charge in [0.25, 0.3) is 10.2 Å². The van der Waals surface area contributed by atoms with E-state index in [1.165, 1.54) is 8.61 Å². The molecule has 0 fully saturated rings. The van der Waals surface area contributed by atoms with Crippen LogP contribution in [0.15, 0.2) is 24.3 Å². The van der Waals surface area contributed by atoms with Crippen molar-refractivity contribution < 1.29 is 13.2 Å². The Morgan fingerprint density at radius 1 is 1.30 bits per heavy atom. The lowest BCUT2D eigenvalue weighted by molar-refractivity contribution is 0.168. The minimum Gasteiger partial charge on any atom is -0.485 e. The van der Waals surface area contributed by atoms with Gasteiger partial charge >= 0.3 is 0 Å². The lowest BCUT2D eigenvalue weighted by Gasteiger charge is -2.37. The van der Waals surface area contributed by atoms with E-state index in [0.29, 0.717) is 13.1 Å². The molecular formula is C16H27N3O3S. The van der Waals surface area contributed by atoms with Gasteiger partial charge in [-0.1, -0.05) is 12.1 Å². The third-order valence-electron chi connectivity index (χ3n) is 4.25. The van der Waals surface area contributed by atoms with E-state index in [-0.39, 0.29) is 12.1 Å². The van der Waals surface area contributed by atoms with E-state index in [4.69, 9.17) is 4.74 Å². The van der Waals surface area contributed by atoms with Crippen molar-refractivity contribution >= 4 is 15.9 Å². The molecule has 23 heavy (non-hydrogen) atoms. The van der Waals surface area contributed by atoms with Crippen LogP contribution in [0.4, 0.5) is 5.69 Å². The van der Waals surface area contributed by atoms with Gasteiger partial charge in [-0.2, -0.15) is 17.0 Å². The highest BCUT2D eigenvalue weighted by Crippen LogP contribution is 2.33. The quantitative estimate of drug-likeness (QED) is 0.792. The van der Waals surface area contributed by atoms with Gasteiger partial charge in [0.05, 0.1) is 18.8 Å². The van der Waals surface area contributed by atoms with E-state index in [0.717, 1.165) is 18.0 Å². The Kier molecular flexibility index (Phi) is 5.54. The number of rotatable bonds is 6. The van der Waals surface area contributed by atoms with Gasteiger partial charge in [0, 0.05) is 26.7 Å². The molecule has 0 N–H and O–H groups in total. The van der Waals surface area contributed by atoms with E-state index in [9.17, 15) is 8.42 Å². The normalized spacial score (nSPS) is 18.4. The Hall–Kier alpha value is -1.31. The average Bonchev–Trinajstić information content (AvgIpc) is 2.52. The summed E-state index contributed by atoms with van der Waals surface area (Å²) in [5.74, 6) is 0.814. The summed E-state index contributed by atoms with van der Waals surface area (Å²) in [6.07, 6.45) is -0.190. The molecule has 1 heterocycles. The fourth-order valence-corrected chi connectivity index (χ4v) is 3.97. The van der Waals surface area contributed by atoms with E-state index in [1.54, 1.807) is 14.1 Å². The van der Waals surface area contributed by atoms with Crippen LogP contribution in [0, 0.1) is 0 Å². The molecule has 0 spiro atoms. The molecule has 2 rings (SSSR count). The first kappa shape index (κ1) is 18.0. The standard InChI is InChI=1S/C16H27N3O3S/c1-6-19-12-14(22-16-10-8-7-9-15(16)19)11-17(4)23(20,21)18(5)13(2)3/h7-10,13-14H,6,11-12H2,1-5H3/t14-/m1/s1. The Morgan fingerprint density at radius 2 is 1.96 bits per heavy atom. The molecule has 1 atom stereocenters. The molecule has 130 valence electrons. The molecule has 0 aliphatic carbocycles. The lowest BCUT2D eigenvalue weighted by atomic mass is 10.2. The van der Waals surface area contributed by atoms with E-state index in [2.05, 4.69) is 11.8 Å². The Bertz CT molecular complexity index is 633. The Balaban J connectivity index is 2.13. The number of nitrogens with zero attached hydrogens (tertiary/aromatic N) is 3. The van der Waals surface area contributed by atoms with Gasteiger partial charge in [-0.15, -0.1) is 0 Å². The summed E-state index contributed by atoms with van der Waals surface area (Å²) in [5.41, 5.74) is 1.07. The van der Waals surface area contributed by atoms with Crippen LogP contribution >= 0.6 is 0 Å². The molecular weight excluding hydrogens is 314 g/mol. The zero-order valence-corrected chi connectivity index (χ0v) is 15.4. The molecule has 0 radical (unpaired) electrons. The Labute approximate surface area is 139 Å². The van der Waals surface area contributed by atoms with Crippen molar-refractivity contribution in [1.82, 2.24) is 8.61 Å². The molecule has 7 heteroatoms. The van der Waals surface area contributed by atoms with Gasteiger partial charge in [-0.25, -0.2) is 0 Å². The molecule has 1 aromatic carbocycles. The minimum atomic E-state index is -3.47. The Morgan fingerprint density at radius 3 is 2.57 bits per heavy atom. The van der Waals surface area contributed by atoms with Crippen LogP contribution in [-0.2, 0) is 10.2 Å². The zero-order valence-electron chi connectivity index (χ0n) is 14.6. The summed E-state index contributed by atoms with van der Waals surface area (Å²) in [5, 5.41) is 0. The largest absolute Gasteiger partial charge is 0.485 e. The number of likely N-dealkylation sites (N-methyl/N-ethyl adjacent to an activating group) is 2. The first-order valence-electron chi connectivity index (χ1n) is 7.97. The van der Waals surface area contributed by atoms with Crippen molar-refractivity contribution in [1.29, 1.82) is 0 Å². The smallest absolute Gasteiger partial charge is 0.281 e. The molecule has 6 nitrogen and oxygen atoms in total. The van der Waals surface area contributed by atoms with Gasteiger partial charge in [0.1, 0.15) is 11.9 Å². The number of ether oxygens (including phenoxy) is 1. The van der Waals surface area contributed by atoms with Crippen molar-refractivity contribution in [2.45, 2.75) is 32.9 Å². The van der Waals surface area contributed by atoms with Gasteiger partial charge in [0.2, 0.25) is 0 Å². The molecule has 1 aliphatic rings. The van der Waals surface area contributed by atoms with Crippen molar-refractivity contribution in [3.05, 3.63) is 24.3 Å². The van der Waals surface area contributed by atoms with Crippen LogP contribution < -0.4 is 9.64 Å². The fourth-order valence-electron chi connectivity index (χ4n) is 2.64. The molecule has 0 aromatic heterocycles. The zero-order chi connectivity index (χ0) is 17.2. The molecule has 0 saturated heterocycles. The topological polar surface area (TPSA) is 53.1 Å². The SMILES string of the molecule is CCN1C[C@@H](CN(C)S(=O)(=O)N(C)C(C)C)Oc2ccccc21. The van der Waals surface area contributed by atoms with E-state index < -0.39 is 10.2 Å². The summed E-state index contributed by atoms with van der Waals surface area (Å²) in [7, 11) is -0.262. The van der Waals surface area contributed by atoms with Crippen molar-refractivity contribution in [2.75, 3.05) is 38.6 Å². The van der Waals surface area contributed by atoms with Crippen molar-refractivity contribution in [3.63, 3.8) is 0 Å². The molecule has 0 amide bonds. The lowest BCUT2D eigenvalue weighted by Crippen LogP contribution is -2.50. The minimum absolute atomic E-state index is 0.0809. The number of hydrogen-bond acceptors (Lipinski definition) is 4. The molecule has 1 aliphatic heterocycles. The number of hydrogen-bond donors (Lipinski definition) is 0. The monoisotopic (exact) mass is 341 g/mol. The van der Waals surface area contributed by atoms with Gasteiger partial charge < -0.3 is 9.64 Å². The van der Waals surface area contributed by atoms with Crippen LogP contribution in [0.2, 0.25) is 0 Å².